The molecule has 2 nitrogen and oxygen atoms in total. The minimum atomic E-state index is 0.221. The molecule has 1 rings (SSSR count). The Balaban J connectivity index is 2.15. The van der Waals surface area contributed by atoms with Gasteiger partial charge in [-0.2, -0.15) is 0 Å². The van der Waals surface area contributed by atoms with Crippen LogP contribution in [-0.2, 0) is 4.79 Å². The van der Waals surface area contributed by atoms with Gasteiger partial charge in [-0.15, -0.1) is 0 Å². The van der Waals surface area contributed by atoms with E-state index in [1.165, 1.54) is 6.42 Å². The monoisotopic (exact) mass is 155 g/mol. The Morgan fingerprint density at radius 3 is 2.55 bits per heavy atom. The second kappa shape index (κ2) is 3.24. The summed E-state index contributed by atoms with van der Waals surface area (Å²) in [6.07, 6.45) is 2.36. The van der Waals surface area contributed by atoms with Gasteiger partial charge in [0, 0.05) is 6.04 Å². The maximum Gasteiger partial charge on any atom is 0.225 e. The van der Waals surface area contributed by atoms with E-state index < -0.39 is 0 Å². The molecule has 0 saturated carbocycles. The zero-order valence-electron chi connectivity index (χ0n) is 7.55. The van der Waals surface area contributed by atoms with E-state index in [1.807, 2.05) is 6.92 Å². The van der Waals surface area contributed by atoms with Crippen LogP contribution in [0.2, 0.25) is 0 Å². The van der Waals surface area contributed by atoms with Crippen molar-refractivity contribution in [2.75, 3.05) is 0 Å². The molecule has 1 amide bonds. The van der Waals surface area contributed by atoms with Crippen LogP contribution in [0, 0.1) is 11.8 Å². The summed E-state index contributed by atoms with van der Waals surface area (Å²) >= 11 is 0. The van der Waals surface area contributed by atoms with Crippen molar-refractivity contribution in [3.8, 4) is 0 Å². The van der Waals surface area contributed by atoms with Gasteiger partial charge in [0.15, 0.2) is 0 Å². The standard InChI is InChI=1S/C9H17NO/c1-6(2)4-5-8-7(3)9(11)10-8/h6-8H,4-5H2,1-3H3,(H,10,11)/t7-,8+/m1/s1. The normalized spacial score (nSPS) is 30.0. The average Bonchev–Trinajstić information content (AvgIpc) is 1.96. The molecule has 1 N–H and O–H groups in total. The molecule has 0 bridgehead atoms. The highest BCUT2D eigenvalue weighted by Crippen LogP contribution is 2.20. The number of amides is 1. The van der Waals surface area contributed by atoms with E-state index in [0.29, 0.717) is 6.04 Å². The van der Waals surface area contributed by atoms with Gasteiger partial charge in [0.25, 0.3) is 0 Å². The van der Waals surface area contributed by atoms with Crippen LogP contribution in [-0.4, -0.2) is 11.9 Å². The second-order valence-corrected chi connectivity index (χ2v) is 3.87. The summed E-state index contributed by atoms with van der Waals surface area (Å²) in [4.78, 5) is 10.8. The highest BCUT2D eigenvalue weighted by atomic mass is 16.2. The van der Waals surface area contributed by atoms with Crippen LogP contribution in [0.15, 0.2) is 0 Å². The van der Waals surface area contributed by atoms with Crippen LogP contribution in [0.5, 0.6) is 0 Å². The Labute approximate surface area is 68.4 Å². The largest absolute Gasteiger partial charge is 0.352 e. The van der Waals surface area contributed by atoms with Gasteiger partial charge < -0.3 is 5.32 Å². The molecule has 0 aliphatic carbocycles. The minimum absolute atomic E-state index is 0.221. The lowest BCUT2D eigenvalue weighted by Crippen LogP contribution is -2.56. The van der Waals surface area contributed by atoms with E-state index in [4.69, 9.17) is 0 Å². The van der Waals surface area contributed by atoms with Crippen molar-refractivity contribution in [3.63, 3.8) is 0 Å². The Kier molecular flexibility index (Phi) is 2.53. The lowest BCUT2D eigenvalue weighted by Gasteiger charge is -2.34. The van der Waals surface area contributed by atoms with Crippen molar-refractivity contribution >= 4 is 5.91 Å². The second-order valence-electron chi connectivity index (χ2n) is 3.87. The van der Waals surface area contributed by atoms with Crippen LogP contribution in [0.4, 0.5) is 0 Å². The summed E-state index contributed by atoms with van der Waals surface area (Å²) in [7, 11) is 0. The molecule has 1 aliphatic heterocycles. The molecule has 2 atom stereocenters. The molecular weight excluding hydrogens is 138 g/mol. The summed E-state index contributed by atoms with van der Waals surface area (Å²) in [6, 6.07) is 0.463. The van der Waals surface area contributed by atoms with Gasteiger partial charge in [-0.3, -0.25) is 4.79 Å². The van der Waals surface area contributed by atoms with E-state index in [0.717, 1.165) is 12.3 Å². The van der Waals surface area contributed by atoms with Crippen LogP contribution in [0.1, 0.15) is 33.6 Å². The quantitative estimate of drug-likeness (QED) is 0.616. The predicted octanol–water partition coefficient (Wildman–Crippen LogP) is 1.56. The van der Waals surface area contributed by atoms with Crippen molar-refractivity contribution in [2.24, 2.45) is 11.8 Å². The highest BCUT2D eigenvalue weighted by molar-refractivity contribution is 5.85. The molecule has 1 aliphatic rings. The molecule has 0 unspecified atom stereocenters. The first kappa shape index (κ1) is 8.57. The fourth-order valence-corrected chi connectivity index (χ4v) is 1.36. The molecule has 11 heavy (non-hydrogen) atoms. The molecule has 0 spiro atoms. The third-order valence-corrected chi connectivity index (χ3v) is 2.40. The minimum Gasteiger partial charge on any atom is -0.352 e. The van der Waals surface area contributed by atoms with Crippen molar-refractivity contribution in [2.45, 2.75) is 39.7 Å². The van der Waals surface area contributed by atoms with Crippen LogP contribution in [0.25, 0.3) is 0 Å². The Hall–Kier alpha value is -0.530. The molecular formula is C9H17NO. The summed E-state index contributed by atoms with van der Waals surface area (Å²) in [5, 5.41) is 2.91. The Bertz CT molecular complexity index is 154. The van der Waals surface area contributed by atoms with Gasteiger partial charge in [0.1, 0.15) is 0 Å². The van der Waals surface area contributed by atoms with Crippen LogP contribution in [0.3, 0.4) is 0 Å². The summed E-state index contributed by atoms with van der Waals surface area (Å²) in [6.45, 7) is 6.43. The third-order valence-electron chi connectivity index (χ3n) is 2.40. The summed E-state index contributed by atoms with van der Waals surface area (Å²) in [5.74, 6) is 1.23. The molecule has 0 aromatic carbocycles. The van der Waals surface area contributed by atoms with E-state index in [2.05, 4.69) is 19.2 Å². The third kappa shape index (κ3) is 1.95. The van der Waals surface area contributed by atoms with Gasteiger partial charge in [-0.25, -0.2) is 0 Å². The Morgan fingerprint density at radius 2 is 2.18 bits per heavy atom. The molecule has 1 saturated heterocycles. The SMILES string of the molecule is CC(C)CC[C@@H]1NC(=O)[C@@H]1C. The van der Waals surface area contributed by atoms with Gasteiger partial charge in [-0.05, 0) is 18.8 Å². The van der Waals surface area contributed by atoms with Crippen LogP contribution >= 0.6 is 0 Å². The number of rotatable bonds is 3. The van der Waals surface area contributed by atoms with Gasteiger partial charge in [0.05, 0.1) is 5.92 Å². The molecule has 0 aromatic rings. The number of carbonyl (C=O) groups excluding carboxylic acids is 1. The van der Waals surface area contributed by atoms with Crippen molar-refractivity contribution in [3.05, 3.63) is 0 Å². The zero-order valence-corrected chi connectivity index (χ0v) is 7.55. The van der Waals surface area contributed by atoms with E-state index in [9.17, 15) is 4.79 Å². The van der Waals surface area contributed by atoms with Crippen LogP contribution < -0.4 is 5.32 Å². The first-order valence-electron chi connectivity index (χ1n) is 4.41. The zero-order chi connectivity index (χ0) is 8.43. The predicted molar refractivity (Wildman–Crippen MR) is 45.2 cm³/mol. The van der Waals surface area contributed by atoms with E-state index in [-0.39, 0.29) is 11.8 Å². The maximum absolute atomic E-state index is 10.8. The molecule has 64 valence electrons. The lowest BCUT2D eigenvalue weighted by atomic mass is 9.87. The maximum atomic E-state index is 10.8. The molecule has 0 radical (unpaired) electrons. The fourth-order valence-electron chi connectivity index (χ4n) is 1.36. The van der Waals surface area contributed by atoms with Gasteiger partial charge in [0.2, 0.25) is 5.91 Å². The van der Waals surface area contributed by atoms with Crippen molar-refractivity contribution in [1.29, 1.82) is 0 Å². The van der Waals surface area contributed by atoms with E-state index >= 15 is 0 Å². The van der Waals surface area contributed by atoms with Gasteiger partial charge >= 0.3 is 0 Å². The van der Waals surface area contributed by atoms with E-state index in [1.54, 1.807) is 0 Å². The molecule has 0 aromatic heterocycles. The highest BCUT2D eigenvalue weighted by Gasteiger charge is 2.34. The fraction of sp³-hybridized carbons (Fsp3) is 0.889. The first-order chi connectivity index (χ1) is 5.11. The number of carbonyl (C=O) groups is 1. The molecule has 2 heteroatoms. The number of nitrogens with one attached hydrogen (secondary N) is 1. The van der Waals surface area contributed by atoms with Crippen molar-refractivity contribution in [1.82, 2.24) is 5.32 Å². The molecule has 1 fully saturated rings. The first-order valence-corrected chi connectivity index (χ1v) is 4.41. The number of hydrogen-bond donors (Lipinski definition) is 1. The summed E-state index contributed by atoms with van der Waals surface area (Å²) in [5.41, 5.74) is 0. The molecule has 1 heterocycles. The Morgan fingerprint density at radius 1 is 1.55 bits per heavy atom. The van der Waals surface area contributed by atoms with Gasteiger partial charge in [-0.1, -0.05) is 20.8 Å². The average molecular weight is 155 g/mol. The van der Waals surface area contributed by atoms with Crippen molar-refractivity contribution < 1.29 is 4.79 Å². The topological polar surface area (TPSA) is 29.1 Å². The number of hydrogen-bond acceptors (Lipinski definition) is 1. The smallest absolute Gasteiger partial charge is 0.225 e. The lowest BCUT2D eigenvalue weighted by molar-refractivity contribution is -0.134. The number of β-lactam (4-membered cyclic amide) rings is 1. The summed E-state index contributed by atoms with van der Waals surface area (Å²) < 4.78 is 0.